The number of urea groups is 1. The number of aromatic nitrogens is 2. The summed E-state index contributed by atoms with van der Waals surface area (Å²) in [4.78, 5) is 25.8. The standard InChI is InChI=1S/C16H24N4O4S/c1-19-14(21)9-12-10-20(8-5-13(12)18-19)15(22)17-11-16(25(2,23)24)6-3-4-7-16/h9H,3-8,10-11H2,1-2H3,(H,17,22). The third kappa shape index (κ3) is 3.42. The maximum atomic E-state index is 12.5. The van der Waals surface area contributed by atoms with Crippen LogP contribution in [0.4, 0.5) is 4.79 Å². The van der Waals surface area contributed by atoms with Gasteiger partial charge in [0, 0.05) is 51.0 Å². The Hall–Kier alpha value is -1.90. The highest BCUT2D eigenvalue weighted by Crippen LogP contribution is 2.36. The van der Waals surface area contributed by atoms with Gasteiger partial charge in [0.2, 0.25) is 0 Å². The van der Waals surface area contributed by atoms with Gasteiger partial charge < -0.3 is 10.2 Å². The molecule has 9 heteroatoms. The smallest absolute Gasteiger partial charge is 0.317 e. The van der Waals surface area contributed by atoms with Gasteiger partial charge in [-0.3, -0.25) is 4.79 Å². The first-order valence-corrected chi connectivity index (χ1v) is 10.4. The van der Waals surface area contributed by atoms with Gasteiger partial charge in [0.25, 0.3) is 5.56 Å². The number of aryl methyl sites for hydroxylation is 1. The third-order valence-electron chi connectivity index (χ3n) is 5.39. The second kappa shape index (κ2) is 6.44. The number of amides is 2. The molecule has 1 saturated carbocycles. The maximum Gasteiger partial charge on any atom is 0.317 e. The minimum absolute atomic E-state index is 0.142. The van der Waals surface area contributed by atoms with Gasteiger partial charge in [-0.15, -0.1) is 0 Å². The van der Waals surface area contributed by atoms with Crippen LogP contribution in [0.1, 0.15) is 36.9 Å². The lowest BCUT2D eigenvalue weighted by Crippen LogP contribution is -2.51. The van der Waals surface area contributed by atoms with E-state index in [2.05, 4.69) is 10.4 Å². The van der Waals surface area contributed by atoms with Gasteiger partial charge in [0.1, 0.15) is 0 Å². The summed E-state index contributed by atoms with van der Waals surface area (Å²) in [7, 11) is -1.63. The van der Waals surface area contributed by atoms with E-state index in [1.807, 2.05) is 0 Å². The van der Waals surface area contributed by atoms with E-state index >= 15 is 0 Å². The molecule has 1 aromatic heterocycles. The number of rotatable bonds is 3. The second-order valence-electron chi connectivity index (χ2n) is 7.07. The molecular weight excluding hydrogens is 344 g/mol. The summed E-state index contributed by atoms with van der Waals surface area (Å²) in [5, 5.41) is 7.03. The predicted octanol–water partition coefficient (Wildman–Crippen LogP) is 0.205. The van der Waals surface area contributed by atoms with Crippen molar-refractivity contribution in [2.24, 2.45) is 7.05 Å². The molecule has 1 aliphatic carbocycles. The fraction of sp³-hybridized carbons (Fsp3) is 0.688. The van der Waals surface area contributed by atoms with Crippen molar-refractivity contribution >= 4 is 15.9 Å². The Bertz CT molecular complexity index is 840. The van der Waals surface area contributed by atoms with Gasteiger partial charge in [0.15, 0.2) is 9.84 Å². The summed E-state index contributed by atoms with van der Waals surface area (Å²) in [6.45, 7) is 0.953. The zero-order chi connectivity index (χ0) is 18.2. The number of sulfone groups is 1. The molecule has 0 spiro atoms. The van der Waals surface area contributed by atoms with Crippen molar-refractivity contribution in [3.63, 3.8) is 0 Å². The summed E-state index contributed by atoms with van der Waals surface area (Å²) in [5.41, 5.74) is 1.38. The predicted molar refractivity (Wildman–Crippen MR) is 93.0 cm³/mol. The molecule has 0 radical (unpaired) electrons. The highest BCUT2D eigenvalue weighted by atomic mass is 32.2. The lowest BCUT2D eigenvalue weighted by Gasteiger charge is -2.31. The van der Waals surface area contributed by atoms with Crippen LogP contribution in [0.5, 0.6) is 0 Å². The molecule has 2 heterocycles. The molecular formula is C16H24N4O4S. The molecule has 8 nitrogen and oxygen atoms in total. The Kier molecular flexibility index (Phi) is 4.61. The summed E-state index contributed by atoms with van der Waals surface area (Å²) in [5.74, 6) is 0. The van der Waals surface area contributed by atoms with Crippen LogP contribution in [-0.2, 0) is 29.9 Å². The van der Waals surface area contributed by atoms with E-state index in [9.17, 15) is 18.0 Å². The largest absolute Gasteiger partial charge is 0.336 e. The molecule has 0 bridgehead atoms. The highest BCUT2D eigenvalue weighted by molar-refractivity contribution is 7.92. The van der Waals surface area contributed by atoms with Crippen LogP contribution < -0.4 is 10.9 Å². The third-order valence-corrected chi connectivity index (χ3v) is 7.51. The van der Waals surface area contributed by atoms with Crippen LogP contribution in [0.15, 0.2) is 10.9 Å². The number of carbonyl (C=O) groups excluding carboxylic acids is 1. The Labute approximate surface area is 147 Å². The van der Waals surface area contributed by atoms with Crippen LogP contribution in [0.25, 0.3) is 0 Å². The molecule has 1 N–H and O–H groups in total. The van der Waals surface area contributed by atoms with Crippen LogP contribution in [0, 0.1) is 0 Å². The van der Waals surface area contributed by atoms with Gasteiger partial charge in [0.05, 0.1) is 10.4 Å². The second-order valence-corrected chi connectivity index (χ2v) is 9.48. The summed E-state index contributed by atoms with van der Waals surface area (Å²) < 4.78 is 24.8. The lowest BCUT2D eigenvalue weighted by atomic mass is 10.1. The van der Waals surface area contributed by atoms with Crippen molar-refractivity contribution in [1.29, 1.82) is 0 Å². The molecule has 2 aliphatic rings. The molecule has 1 aromatic rings. The number of hydrogen-bond donors (Lipinski definition) is 1. The summed E-state index contributed by atoms with van der Waals surface area (Å²) >= 11 is 0. The van der Waals surface area contributed by atoms with Crippen LogP contribution in [0.3, 0.4) is 0 Å². The first-order chi connectivity index (χ1) is 11.7. The van der Waals surface area contributed by atoms with Gasteiger partial charge in [-0.2, -0.15) is 5.10 Å². The quantitative estimate of drug-likeness (QED) is 0.822. The molecule has 3 rings (SSSR count). The average molecular weight is 368 g/mol. The zero-order valence-corrected chi connectivity index (χ0v) is 15.4. The average Bonchev–Trinajstić information content (AvgIpc) is 3.03. The highest BCUT2D eigenvalue weighted by Gasteiger charge is 2.43. The first-order valence-electron chi connectivity index (χ1n) is 8.50. The van der Waals surface area contributed by atoms with Crippen LogP contribution >= 0.6 is 0 Å². The van der Waals surface area contributed by atoms with E-state index in [1.165, 1.54) is 17.0 Å². The van der Waals surface area contributed by atoms with Gasteiger partial charge >= 0.3 is 6.03 Å². The number of carbonyl (C=O) groups is 1. The Morgan fingerprint density at radius 3 is 2.68 bits per heavy atom. The van der Waals surface area contributed by atoms with Crippen molar-refractivity contribution in [2.75, 3.05) is 19.3 Å². The Morgan fingerprint density at radius 1 is 1.36 bits per heavy atom. The minimum atomic E-state index is -3.24. The zero-order valence-electron chi connectivity index (χ0n) is 14.6. The molecule has 1 fully saturated rings. The van der Waals surface area contributed by atoms with Gasteiger partial charge in [-0.1, -0.05) is 12.8 Å². The summed E-state index contributed by atoms with van der Waals surface area (Å²) in [6, 6.07) is 1.22. The van der Waals surface area contributed by atoms with E-state index in [4.69, 9.17) is 0 Å². The van der Waals surface area contributed by atoms with E-state index in [1.54, 1.807) is 11.9 Å². The Balaban J connectivity index is 1.68. The monoisotopic (exact) mass is 368 g/mol. The molecule has 138 valence electrons. The van der Waals surface area contributed by atoms with E-state index in [0.29, 0.717) is 32.4 Å². The molecule has 0 saturated heterocycles. The van der Waals surface area contributed by atoms with Gasteiger partial charge in [-0.05, 0) is 12.8 Å². The summed E-state index contributed by atoms with van der Waals surface area (Å²) in [6.07, 6.45) is 4.75. The van der Waals surface area contributed by atoms with Crippen molar-refractivity contribution < 1.29 is 13.2 Å². The van der Waals surface area contributed by atoms with E-state index in [-0.39, 0.29) is 18.1 Å². The molecule has 0 atom stereocenters. The molecule has 25 heavy (non-hydrogen) atoms. The SMILES string of the molecule is Cn1nc2c(cc1=O)CN(C(=O)NCC1(S(C)(=O)=O)CCCC1)CC2. The fourth-order valence-corrected chi connectivity index (χ4v) is 5.08. The fourth-order valence-electron chi connectivity index (χ4n) is 3.71. The molecule has 2 amide bonds. The van der Waals surface area contributed by atoms with Crippen molar-refractivity contribution in [2.45, 2.75) is 43.4 Å². The first kappa shape index (κ1) is 17.9. The van der Waals surface area contributed by atoms with E-state index in [0.717, 1.165) is 24.1 Å². The molecule has 0 unspecified atom stereocenters. The molecule has 0 aromatic carbocycles. The number of fused-ring (bicyclic) bond motifs is 1. The number of nitrogens with one attached hydrogen (secondary N) is 1. The number of nitrogens with zero attached hydrogens (tertiary/aromatic N) is 3. The van der Waals surface area contributed by atoms with Crippen LogP contribution in [0.2, 0.25) is 0 Å². The van der Waals surface area contributed by atoms with E-state index < -0.39 is 14.6 Å². The van der Waals surface area contributed by atoms with Crippen molar-refractivity contribution in [3.8, 4) is 0 Å². The number of hydrogen-bond acceptors (Lipinski definition) is 5. The molecule has 1 aliphatic heterocycles. The van der Waals surface area contributed by atoms with Crippen molar-refractivity contribution in [1.82, 2.24) is 20.0 Å². The van der Waals surface area contributed by atoms with Crippen LogP contribution in [-0.4, -0.2) is 53.2 Å². The minimum Gasteiger partial charge on any atom is -0.336 e. The topological polar surface area (TPSA) is 101 Å². The Morgan fingerprint density at radius 2 is 2.04 bits per heavy atom. The van der Waals surface area contributed by atoms with Crippen molar-refractivity contribution in [3.05, 3.63) is 27.7 Å². The normalized spacial score (nSPS) is 19.5. The maximum absolute atomic E-state index is 12.5. The lowest BCUT2D eigenvalue weighted by molar-refractivity contribution is 0.190. The van der Waals surface area contributed by atoms with Gasteiger partial charge in [-0.25, -0.2) is 17.9 Å².